The third kappa shape index (κ3) is 9.54. The highest BCUT2D eigenvalue weighted by Gasteiger charge is 2.49. The number of nitrogens with zero attached hydrogens (tertiary/aromatic N) is 2. The molecule has 2 rings (SSSR count). The topological polar surface area (TPSA) is 233 Å². The molecule has 0 aliphatic carbocycles. The summed E-state index contributed by atoms with van der Waals surface area (Å²) in [6.07, 6.45) is 3.13. The Morgan fingerprint density at radius 3 is 2.37 bits per heavy atom. The maximum Gasteiger partial charge on any atom is 0.246 e. The third-order valence-electron chi connectivity index (χ3n) is 7.24. The lowest BCUT2D eigenvalue weighted by atomic mass is 9.92. The second kappa shape index (κ2) is 16.3. The van der Waals surface area contributed by atoms with Crippen LogP contribution < -0.4 is 33.2 Å². The number of hydrogen-bond acceptors (Lipinski definition) is 8. The molecular weight excluding hydrogens is 526 g/mol. The number of nitrogens with one attached hydrogen (secondary N) is 4. The lowest BCUT2D eigenvalue weighted by Gasteiger charge is -2.34. The minimum atomic E-state index is -1.59. The standard InChI is InChI=1S/C28H43N9O4/c1-19(38)28(18-30)13-8-16-37(28)26(41)22(12-7-15-34-27(32)33)35-25(40)23(17-20-9-3-2-4-10-20)36-24(39)21(31)11-5-6-14-29/h2-4,9-10,21-23H,5-8,11-17,29,31H2,1H3,(H,35,40)(H,36,39)(H4,32,33,34)/t21-,22-,23-,28?/m0/s1. The van der Waals surface area contributed by atoms with E-state index in [2.05, 4.69) is 16.0 Å². The van der Waals surface area contributed by atoms with Crippen molar-refractivity contribution in [2.24, 2.45) is 17.2 Å². The maximum absolute atomic E-state index is 13.7. The second-order valence-electron chi connectivity index (χ2n) is 10.3. The Balaban J connectivity index is 2.29. The average molecular weight is 570 g/mol. The molecule has 0 aromatic heterocycles. The highest BCUT2D eigenvalue weighted by Crippen LogP contribution is 2.31. The summed E-state index contributed by atoms with van der Waals surface area (Å²) in [4.78, 5) is 54.0. The summed E-state index contributed by atoms with van der Waals surface area (Å²) in [5, 5.41) is 25.4. The van der Waals surface area contributed by atoms with Crippen LogP contribution in [0.25, 0.3) is 0 Å². The van der Waals surface area contributed by atoms with Crippen LogP contribution in [0.1, 0.15) is 57.4 Å². The van der Waals surface area contributed by atoms with Crippen molar-refractivity contribution in [1.29, 1.82) is 10.7 Å². The van der Waals surface area contributed by atoms with Crippen molar-refractivity contribution in [3.63, 3.8) is 0 Å². The highest BCUT2D eigenvalue weighted by molar-refractivity contribution is 5.98. The van der Waals surface area contributed by atoms with Gasteiger partial charge in [-0.1, -0.05) is 36.8 Å². The maximum atomic E-state index is 13.7. The van der Waals surface area contributed by atoms with Gasteiger partial charge in [-0.3, -0.25) is 24.6 Å². The molecule has 1 fully saturated rings. The second-order valence-corrected chi connectivity index (χ2v) is 10.3. The fraction of sp³-hybridized carbons (Fsp3) is 0.571. The van der Waals surface area contributed by atoms with Crippen LogP contribution >= 0.6 is 0 Å². The van der Waals surface area contributed by atoms with Gasteiger partial charge in [0.1, 0.15) is 12.1 Å². The van der Waals surface area contributed by atoms with E-state index in [1.165, 1.54) is 11.8 Å². The van der Waals surface area contributed by atoms with Gasteiger partial charge in [-0.05, 0) is 57.6 Å². The van der Waals surface area contributed by atoms with Gasteiger partial charge in [-0.15, -0.1) is 0 Å². The number of likely N-dealkylation sites (tertiary alicyclic amines) is 1. The predicted octanol–water partition coefficient (Wildman–Crippen LogP) is -0.608. The lowest BCUT2D eigenvalue weighted by molar-refractivity contribution is -0.143. The number of benzene rings is 1. The molecule has 13 heteroatoms. The first-order chi connectivity index (χ1) is 19.5. The molecule has 224 valence electrons. The number of carbonyl (C=O) groups is 4. The Kier molecular flexibility index (Phi) is 13.2. The summed E-state index contributed by atoms with van der Waals surface area (Å²) in [6, 6.07) is 8.17. The van der Waals surface area contributed by atoms with Crippen LogP contribution in [0.5, 0.6) is 0 Å². The van der Waals surface area contributed by atoms with Crippen molar-refractivity contribution in [2.75, 3.05) is 19.6 Å². The summed E-state index contributed by atoms with van der Waals surface area (Å²) in [7, 11) is 0. The lowest BCUT2D eigenvalue weighted by Crippen LogP contribution is -2.60. The molecule has 3 amide bonds. The number of rotatable bonds is 16. The van der Waals surface area contributed by atoms with Crippen molar-refractivity contribution in [3.8, 4) is 6.07 Å². The summed E-state index contributed by atoms with van der Waals surface area (Å²) in [5.74, 6) is -2.32. The van der Waals surface area contributed by atoms with Gasteiger partial charge in [-0.25, -0.2) is 0 Å². The quantitative estimate of drug-likeness (QED) is 0.0763. The van der Waals surface area contributed by atoms with E-state index < -0.39 is 47.2 Å². The van der Waals surface area contributed by atoms with Gasteiger partial charge in [0.25, 0.3) is 0 Å². The van der Waals surface area contributed by atoms with E-state index in [0.717, 1.165) is 12.0 Å². The monoisotopic (exact) mass is 569 g/mol. The van der Waals surface area contributed by atoms with Gasteiger partial charge in [0.05, 0.1) is 12.1 Å². The minimum Gasteiger partial charge on any atom is -0.370 e. The van der Waals surface area contributed by atoms with Crippen LogP contribution in [0.4, 0.5) is 0 Å². The number of ketones is 1. The van der Waals surface area contributed by atoms with Crippen molar-refractivity contribution >= 4 is 29.5 Å². The van der Waals surface area contributed by atoms with Crippen LogP contribution in [0, 0.1) is 16.7 Å². The first-order valence-electron chi connectivity index (χ1n) is 14.0. The smallest absolute Gasteiger partial charge is 0.246 e. The summed E-state index contributed by atoms with van der Waals surface area (Å²) in [5.41, 5.74) is 16.2. The van der Waals surface area contributed by atoms with Gasteiger partial charge < -0.3 is 38.1 Å². The van der Waals surface area contributed by atoms with E-state index in [-0.39, 0.29) is 38.3 Å². The van der Waals surface area contributed by atoms with E-state index in [1.807, 2.05) is 36.4 Å². The number of amides is 3. The molecule has 41 heavy (non-hydrogen) atoms. The number of nitriles is 1. The Hall–Kier alpha value is -4.02. The fourth-order valence-corrected chi connectivity index (χ4v) is 4.90. The molecule has 1 unspecified atom stereocenters. The Morgan fingerprint density at radius 1 is 1.07 bits per heavy atom. The van der Waals surface area contributed by atoms with Crippen molar-refractivity contribution in [2.45, 2.75) is 82.0 Å². The van der Waals surface area contributed by atoms with E-state index >= 15 is 0 Å². The molecule has 10 N–H and O–H groups in total. The number of carbonyl (C=O) groups excluding carboxylic acids is 4. The number of guanidine groups is 1. The van der Waals surface area contributed by atoms with Crippen molar-refractivity contribution in [1.82, 2.24) is 20.9 Å². The summed E-state index contributed by atoms with van der Waals surface area (Å²) < 4.78 is 0. The normalized spacial score (nSPS) is 18.4. The van der Waals surface area contributed by atoms with E-state index in [9.17, 15) is 24.4 Å². The molecule has 1 heterocycles. The largest absolute Gasteiger partial charge is 0.370 e. The molecular formula is C28H43N9O4. The zero-order chi connectivity index (χ0) is 30.4. The molecule has 13 nitrogen and oxygen atoms in total. The van der Waals surface area contributed by atoms with Crippen LogP contribution in [0.15, 0.2) is 30.3 Å². The molecule has 0 radical (unpaired) electrons. The van der Waals surface area contributed by atoms with Crippen LogP contribution in [-0.4, -0.2) is 77.7 Å². The minimum absolute atomic E-state index is 0.144. The number of hydrogen-bond donors (Lipinski definition) is 7. The summed E-state index contributed by atoms with van der Waals surface area (Å²) in [6.45, 7) is 2.23. The Labute approximate surface area is 241 Å². The Bertz CT molecular complexity index is 1110. The van der Waals surface area contributed by atoms with Crippen LogP contribution in [0.2, 0.25) is 0 Å². The SMILES string of the molecule is CC(=O)C1(C#N)CCCN1C(=O)[C@H](CCCNC(=N)N)NC(=O)[C@H](Cc1ccccc1)NC(=O)[C@@H](N)CCCCN. The van der Waals surface area contributed by atoms with E-state index in [4.69, 9.17) is 22.6 Å². The Morgan fingerprint density at radius 2 is 1.76 bits per heavy atom. The van der Waals surface area contributed by atoms with Gasteiger partial charge in [0, 0.05) is 19.5 Å². The van der Waals surface area contributed by atoms with Crippen molar-refractivity contribution < 1.29 is 19.2 Å². The zero-order valence-corrected chi connectivity index (χ0v) is 23.7. The number of unbranched alkanes of at least 4 members (excludes halogenated alkanes) is 1. The molecule has 0 bridgehead atoms. The van der Waals surface area contributed by atoms with Crippen molar-refractivity contribution in [3.05, 3.63) is 35.9 Å². The molecule has 1 aliphatic heterocycles. The number of Topliss-reactive ketones (excluding diaryl/α,β-unsaturated/α-hetero) is 1. The molecule has 1 aliphatic rings. The van der Waals surface area contributed by atoms with Gasteiger partial charge in [-0.2, -0.15) is 5.26 Å². The van der Waals surface area contributed by atoms with E-state index in [1.54, 1.807) is 0 Å². The predicted molar refractivity (Wildman–Crippen MR) is 154 cm³/mol. The summed E-state index contributed by atoms with van der Waals surface area (Å²) >= 11 is 0. The molecule has 1 saturated heterocycles. The first-order valence-corrected chi connectivity index (χ1v) is 14.0. The molecule has 4 atom stereocenters. The van der Waals surface area contributed by atoms with E-state index in [0.29, 0.717) is 32.2 Å². The van der Waals surface area contributed by atoms with Gasteiger partial charge >= 0.3 is 0 Å². The third-order valence-corrected chi connectivity index (χ3v) is 7.24. The van der Waals surface area contributed by atoms with Crippen LogP contribution in [-0.2, 0) is 25.6 Å². The molecule has 1 aromatic rings. The van der Waals surface area contributed by atoms with Crippen LogP contribution in [0.3, 0.4) is 0 Å². The molecule has 1 aromatic carbocycles. The fourth-order valence-electron chi connectivity index (χ4n) is 4.90. The molecule has 0 saturated carbocycles. The molecule has 0 spiro atoms. The first kappa shape index (κ1) is 33.2. The zero-order valence-electron chi connectivity index (χ0n) is 23.7. The average Bonchev–Trinajstić information content (AvgIpc) is 3.40. The number of nitrogens with two attached hydrogens (primary N) is 3. The van der Waals surface area contributed by atoms with Gasteiger partial charge in [0.2, 0.25) is 17.7 Å². The van der Waals surface area contributed by atoms with Gasteiger partial charge in [0.15, 0.2) is 17.3 Å². The highest BCUT2D eigenvalue weighted by atomic mass is 16.2.